The van der Waals surface area contributed by atoms with Crippen molar-refractivity contribution in [2.24, 2.45) is 5.73 Å². The van der Waals surface area contributed by atoms with Crippen molar-refractivity contribution in [1.82, 2.24) is 0 Å². The molecule has 0 radical (unpaired) electrons. The van der Waals surface area contributed by atoms with Crippen LogP contribution in [0.2, 0.25) is 0 Å². The Hall–Kier alpha value is -3.62. The van der Waals surface area contributed by atoms with Gasteiger partial charge in [-0.1, -0.05) is 19.8 Å². The van der Waals surface area contributed by atoms with E-state index in [1.165, 1.54) is 18.2 Å². The van der Waals surface area contributed by atoms with Crippen LogP contribution in [-0.4, -0.2) is 24.0 Å². The molecule has 188 valence electrons. The van der Waals surface area contributed by atoms with E-state index in [1.807, 2.05) is 6.92 Å². The molecular formula is C27H27FN2O6. The van der Waals surface area contributed by atoms with Gasteiger partial charge in [0.05, 0.1) is 12.3 Å². The van der Waals surface area contributed by atoms with Crippen LogP contribution in [0.25, 0.3) is 0 Å². The second-order valence-electron chi connectivity index (χ2n) is 10.3. The summed E-state index contributed by atoms with van der Waals surface area (Å²) in [6.45, 7) is 5.21. The zero-order valence-electron chi connectivity index (χ0n) is 20.4. The lowest BCUT2D eigenvalue weighted by atomic mass is 9.68. The largest absolute Gasteiger partial charge is 0.462 e. The van der Waals surface area contributed by atoms with Crippen molar-refractivity contribution in [2.75, 3.05) is 11.5 Å². The Morgan fingerprint density at radius 1 is 1.25 bits per heavy atom. The Bertz CT molecular complexity index is 1440. The molecule has 1 aromatic carbocycles. The van der Waals surface area contributed by atoms with Crippen LogP contribution in [0.4, 0.5) is 10.1 Å². The standard InChI is InChI=1S/C27H27FN2O6/c1-4-34-23(31)20-22(29)36-18-9-14(3)35-24(32)19(18)27(20)17-11-15(28)10-16-13(2)12-26(7-5-6-8-26)30(21(16)17)25(27)33/h9-11,13H,4-8,12,29H2,1-3H3/t13-,27+/m0/s1. The first-order valence-corrected chi connectivity index (χ1v) is 12.3. The van der Waals surface area contributed by atoms with Crippen LogP contribution >= 0.6 is 0 Å². The highest BCUT2D eigenvalue weighted by Gasteiger charge is 2.67. The molecule has 1 aromatic heterocycles. The molecule has 1 aliphatic carbocycles. The number of nitrogens with zero attached hydrogens (tertiary/aromatic N) is 1. The molecule has 4 aliphatic rings. The molecule has 0 saturated heterocycles. The number of carbonyl (C=O) groups is 2. The molecule has 1 amide bonds. The van der Waals surface area contributed by atoms with Gasteiger partial charge in [0.1, 0.15) is 33.9 Å². The van der Waals surface area contributed by atoms with Gasteiger partial charge in [-0.15, -0.1) is 0 Å². The minimum Gasteiger partial charge on any atom is -0.462 e. The monoisotopic (exact) mass is 494 g/mol. The maximum atomic E-state index is 15.3. The number of ether oxygens (including phenoxy) is 2. The summed E-state index contributed by atoms with van der Waals surface area (Å²) in [5.41, 5.74) is 3.82. The first-order chi connectivity index (χ1) is 17.2. The number of halogens is 1. The van der Waals surface area contributed by atoms with Crippen LogP contribution in [0.15, 0.2) is 38.9 Å². The van der Waals surface area contributed by atoms with E-state index in [9.17, 15) is 14.4 Å². The molecule has 1 saturated carbocycles. The molecular weight excluding hydrogens is 467 g/mol. The van der Waals surface area contributed by atoms with Gasteiger partial charge in [-0.25, -0.2) is 14.0 Å². The topological polar surface area (TPSA) is 112 Å². The second kappa shape index (κ2) is 7.44. The minimum atomic E-state index is -2.05. The van der Waals surface area contributed by atoms with Gasteiger partial charge in [0.2, 0.25) is 11.8 Å². The lowest BCUT2D eigenvalue weighted by molar-refractivity contribution is -0.141. The summed E-state index contributed by atoms with van der Waals surface area (Å²) in [5, 5.41) is 0. The number of amides is 1. The predicted molar refractivity (Wildman–Crippen MR) is 127 cm³/mol. The molecule has 2 N–H and O–H groups in total. The number of anilines is 1. The van der Waals surface area contributed by atoms with Crippen molar-refractivity contribution in [2.45, 2.75) is 69.7 Å². The van der Waals surface area contributed by atoms with Crippen molar-refractivity contribution >= 4 is 17.6 Å². The Balaban J connectivity index is 1.78. The van der Waals surface area contributed by atoms with E-state index in [0.29, 0.717) is 17.7 Å². The van der Waals surface area contributed by atoms with E-state index < -0.39 is 34.3 Å². The number of aryl methyl sites for hydroxylation is 1. The first kappa shape index (κ1) is 22.8. The number of carbonyl (C=O) groups excluding carboxylic acids is 2. The molecule has 9 heteroatoms. The van der Waals surface area contributed by atoms with Gasteiger partial charge in [-0.05, 0) is 56.7 Å². The average Bonchev–Trinajstić information content (AvgIpc) is 3.34. The maximum Gasteiger partial charge on any atom is 0.344 e. The fraction of sp³-hybridized carbons (Fsp3) is 0.444. The highest BCUT2D eigenvalue weighted by atomic mass is 19.1. The molecule has 1 fully saturated rings. The summed E-state index contributed by atoms with van der Waals surface area (Å²) < 4.78 is 31.7. The third-order valence-corrected chi connectivity index (χ3v) is 8.22. The highest BCUT2D eigenvalue weighted by Crippen LogP contribution is 2.62. The molecule has 8 nitrogen and oxygen atoms in total. The third kappa shape index (κ3) is 2.66. The zero-order valence-corrected chi connectivity index (χ0v) is 20.4. The van der Waals surface area contributed by atoms with Crippen molar-refractivity contribution in [1.29, 1.82) is 0 Å². The average molecular weight is 495 g/mol. The number of benzene rings is 1. The lowest BCUT2D eigenvalue weighted by Gasteiger charge is -2.46. The van der Waals surface area contributed by atoms with Crippen LogP contribution < -0.4 is 21.0 Å². The smallest absolute Gasteiger partial charge is 0.344 e. The van der Waals surface area contributed by atoms with Crippen molar-refractivity contribution in [3.05, 3.63) is 68.3 Å². The first-order valence-electron chi connectivity index (χ1n) is 12.3. The lowest BCUT2D eigenvalue weighted by Crippen LogP contribution is -2.57. The molecule has 0 unspecified atom stereocenters. The number of rotatable bonds is 2. The fourth-order valence-electron chi connectivity index (χ4n) is 7.02. The third-order valence-electron chi connectivity index (χ3n) is 8.22. The molecule has 3 aliphatic heterocycles. The summed E-state index contributed by atoms with van der Waals surface area (Å²) in [6.07, 6.45) is 4.09. The molecule has 4 heterocycles. The van der Waals surface area contributed by atoms with E-state index in [-0.39, 0.29) is 46.6 Å². The number of esters is 1. The predicted octanol–water partition coefficient (Wildman–Crippen LogP) is 3.67. The maximum absolute atomic E-state index is 15.3. The summed E-state index contributed by atoms with van der Waals surface area (Å²) in [5.74, 6) is -2.13. The van der Waals surface area contributed by atoms with E-state index in [0.717, 1.165) is 25.7 Å². The van der Waals surface area contributed by atoms with Gasteiger partial charge in [-0.3, -0.25) is 4.79 Å². The van der Waals surface area contributed by atoms with E-state index in [4.69, 9.17) is 19.6 Å². The molecule has 6 rings (SSSR count). The normalized spacial score (nSPS) is 25.3. The second-order valence-corrected chi connectivity index (χ2v) is 10.3. The number of hydrogen-bond donors (Lipinski definition) is 1. The van der Waals surface area contributed by atoms with Crippen LogP contribution in [0.5, 0.6) is 5.75 Å². The van der Waals surface area contributed by atoms with E-state index in [2.05, 4.69) is 0 Å². The van der Waals surface area contributed by atoms with Gasteiger partial charge < -0.3 is 24.5 Å². The van der Waals surface area contributed by atoms with E-state index >= 15 is 4.39 Å². The van der Waals surface area contributed by atoms with Gasteiger partial charge in [0.15, 0.2) is 0 Å². The molecule has 36 heavy (non-hydrogen) atoms. The minimum absolute atomic E-state index is 0.00118. The highest BCUT2D eigenvalue weighted by molar-refractivity contribution is 6.20. The number of nitrogens with two attached hydrogens (primary N) is 1. The molecule has 2 aromatic rings. The van der Waals surface area contributed by atoms with E-state index in [1.54, 1.807) is 18.7 Å². The summed E-state index contributed by atoms with van der Waals surface area (Å²) in [7, 11) is 0. The van der Waals surface area contributed by atoms with Crippen LogP contribution in [0.3, 0.4) is 0 Å². The Kier molecular flexibility index (Phi) is 4.72. The SMILES string of the molecule is CCOC(=O)C1=C(N)Oc2cc(C)oc(=O)c2[C@@]12C(=O)N1c3c(cc(F)cc32)[C@@H](C)CC12CCCC2. The van der Waals surface area contributed by atoms with Crippen molar-refractivity contribution in [3.8, 4) is 5.75 Å². The molecule has 2 atom stereocenters. The Morgan fingerprint density at radius 3 is 2.67 bits per heavy atom. The van der Waals surface area contributed by atoms with Gasteiger partial charge in [0.25, 0.3) is 0 Å². The van der Waals surface area contributed by atoms with Crippen LogP contribution in [-0.2, 0) is 19.7 Å². The van der Waals surface area contributed by atoms with Crippen LogP contribution in [0.1, 0.15) is 74.3 Å². The Morgan fingerprint density at radius 2 is 1.97 bits per heavy atom. The number of hydrogen-bond acceptors (Lipinski definition) is 7. The van der Waals surface area contributed by atoms with Crippen LogP contribution in [0, 0.1) is 12.7 Å². The van der Waals surface area contributed by atoms with Crippen molar-refractivity contribution in [3.63, 3.8) is 0 Å². The number of fused-ring (bicyclic) bond motifs is 4. The zero-order chi connectivity index (χ0) is 25.6. The molecule has 2 spiro atoms. The molecule has 0 bridgehead atoms. The summed E-state index contributed by atoms with van der Waals surface area (Å²) in [6, 6.07) is 4.13. The van der Waals surface area contributed by atoms with Gasteiger partial charge >= 0.3 is 11.6 Å². The van der Waals surface area contributed by atoms with Crippen molar-refractivity contribution < 1.29 is 27.9 Å². The Labute approximate surface area is 206 Å². The quantitative estimate of drug-likeness (QED) is 0.634. The summed E-state index contributed by atoms with van der Waals surface area (Å²) in [4.78, 5) is 43.5. The fourth-order valence-corrected chi connectivity index (χ4v) is 7.02. The summed E-state index contributed by atoms with van der Waals surface area (Å²) >= 11 is 0. The van der Waals surface area contributed by atoms with Gasteiger partial charge in [-0.2, -0.15) is 0 Å². The van der Waals surface area contributed by atoms with Gasteiger partial charge in [0, 0.05) is 17.2 Å².